The van der Waals surface area contributed by atoms with Gasteiger partial charge in [-0.05, 0) is 38.3 Å². The number of para-hydroxylation sites is 1. The number of aryl methyl sites for hydroxylation is 1. The van der Waals surface area contributed by atoms with Gasteiger partial charge in [0.05, 0.1) is 18.8 Å². The van der Waals surface area contributed by atoms with Crippen molar-refractivity contribution in [2.45, 2.75) is 50.2 Å². The minimum absolute atomic E-state index is 0.0451. The SMILES string of the molecule is CC#CCn1c(N2CCCC(N)C2)nc2c1c(=O)n(CC1=Nc3ccccc3SCC1)c(=O)n2C. The van der Waals surface area contributed by atoms with E-state index >= 15 is 0 Å². The Bertz CT molecular complexity index is 1490. The van der Waals surface area contributed by atoms with Gasteiger partial charge in [-0.25, -0.2) is 4.79 Å². The summed E-state index contributed by atoms with van der Waals surface area (Å²) in [5.41, 5.74) is 7.89. The fourth-order valence-corrected chi connectivity index (χ4v) is 5.71. The van der Waals surface area contributed by atoms with Crippen molar-refractivity contribution in [3.05, 3.63) is 45.1 Å². The van der Waals surface area contributed by atoms with Gasteiger partial charge < -0.3 is 10.6 Å². The van der Waals surface area contributed by atoms with E-state index in [0.717, 1.165) is 41.4 Å². The highest BCUT2D eigenvalue weighted by Crippen LogP contribution is 2.32. The molecule has 3 aromatic rings. The lowest BCUT2D eigenvalue weighted by molar-refractivity contribution is 0.496. The molecule has 1 unspecified atom stereocenters. The molecule has 1 fully saturated rings. The first-order chi connectivity index (χ1) is 17.0. The first kappa shape index (κ1) is 23.5. The van der Waals surface area contributed by atoms with E-state index in [-0.39, 0.29) is 18.1 Å². The van der Waals surface area contributed by atoms with Crippen LogP contribution in [0.15, 0.2) is 43.7 Å². The third-order valence-electron chi connectivity index (χ3n) is 6.50. The number of piperidine rings is 1. The van der Waals surface area contributed by atoms with Crippen LogP contribution < -0.4 is 21.9 Å². The molecule has 0 amide bonds. The van der Waals surface area contributed by atoms with Crippen LogP contribution >= 0.6 is 11.8 Å². The van der Waals surface area contributed by atoms with Gasteiger partial charge in [0, 0.05) is 42.5 Å². The number of imidazole rings is 1. The lowest BCUT2D eigenvalue weighted by Crippen LogP contribution is -2.44. The molecule has 2 N–H and O–H groups in total. The van der Waals surface area contributed by atoms with Gasteiger partial charge in [0.2, 0.25) is 5.95 Å². The maximum atomic E-state index is 13.8. The summed E-state index contributed by atoms with van der Waals surface area (Å²) in [7, 11) is 1.66. The van der Waals surface area contributed by atoms with Gasteiger partial charge >= 0.3 is 5.69 Å². The second kappa shape index (κ2) is 9.76. The Hall–Kier alpha value is -3.29. The summed E-state index contributed by atoms with van der Waals surface area (Å²) >= 11 is 1.74. The predicted octanol–water partition coefficient (Wildman–Crippen LogP) is 2.12. The Balaban J connectivity index is 1.64. The molecule has 5 rings (SSSR count). The van der Waals surface area contributed by atoms with Gasteiger partial charge in [-0.15, -0.1) is 17.7 Å². The van der Waals surface area contributed by atoms with Gasteiger partial charge in [-0.3, -0.25) is 23.5 Å². The zero-order valence-corrected chi connectivity index (χ0v) is 20.8. The molecule has 0 saturated carbocycles. The molecule has 0 spiro atoms. The Morgan fingerprint density at radius 2 is 2.06 bits per heavy atom. The zero-order chi connectivity index (χ0) is 24.5. The molecular weight excluding hydrogens is 462 g/mol. The summed E-state index contributed by atoms with van der Waals surface area (Å²) < 4.78 is 4.57. The van der Waals surface area contributed by atoms with Gasteiger partial charge in [-0.2, -0.15) is 4.98 Å². The second-order valence-electron chi connectivity index (χ2n) is 8.92. The number of benzene rings is 1. The monoisotopic (exact) mass is 491 g/mol. The number of nitrogens with zero attached hydrogens (tertiary/aromatic N) is 6. The van der Waals surface area contributed by atoms with E-state index in [0.29, 0.717) is 36.6 Å². The molecule has 0 aliphatic carbocycles. The number of aromatic nitrogens is 4. The van der Waals surface area contributed by atoms with Crippen molar-refractivity contribution in [2.75, 3.05) is 23.7 Å². The third kappa shape index (κ3) is 4.42. The average molecular weight is 492 g/mol. The number of aliphatic imine (C=N–C) groups is 1. The largest absolute Gasteiger partial charge is 0.341 e. The molecule has 4 heterocycles. The van der Waals surface area contributed by atoms with Gasteiger partial charge in [0.1, 0.15) is 0 Å². The van der Waals surface area contributed by atoms with E-state index in [9.17, 15) is 9.59 Å². The summed E-state index contributed by atoms with van der Waals surface area (Å²) in [6.45, 7) is 3.67. The second-order valence-corrected chi connectivity index (χ2v) is 10.1. The van der Waals surface area contributed by atoms with Crippen LogP contribution in [0.4, 0.5) is 11.6 Å². The Morgan fingerprint density at radius 3 is 2.86 bits per heavy atom. The van der Waals surface area contributed by atoms with E-state index in [1.165, 1.54) is 9.13 Å². The highest BCUT2D eigenvalue weighted by molar-refractivity contribution is 7.99. The molecule has 1 saturated heterocycles. The van der Waals surface area contributed by atoms with Crippen molar-refractivity contribution < 1.29 is 0 Å². The summed E-state index contributed by atoms with van der Waals surface area (Å²) in [6, 6.07) is 8.00. The lowest BCUT2D eigenvalue weighted by atomic mass is 10.1. The van der Waals surface area contributed by atoms with E-state index in [4.69, 9.17) is 15.7 Å². The van der Waals surface area contributed by atoms with E-state index < -0.39 is 5.69 Å². The number of rotatable bonds is 4. The first-order valence-corrected chi connectivity index (χ1v) is 12.8. The van der Waals surface area contributed by atoms with Crippen LogP contribution in [0.1, 0.15) is 26.2 Å². The number of thioether (sulfide) groups is 1. The molecule has 9 nitrogen and oxygen atoms in total. The standard InChI is InChI=1S/C25H29N7O2S/c1-3-4-13-31-21-22(28-24(31)30-12-7-8-17(26)15-30)29(2)25(34)32(23(21)33)16-18-11-14-35-20-10-6-5-9-19(20)27-18/h5-6,9-10,17H,7-8,11-16,26H2,1-2H3. The van der Waals surface area contributed by atoms with Gasteiger partial charge in [0.15, 0.2) is 11.2 Å². The molecule has 182 valence electrons. The third-order valence-corrected chi connectivity index (χ3v) is 7.56. The van der Waals surface area contributed by atoms with Crippen molar-refractivity contribution in [1.82, 2.24) is 18.7 Å². The molecule has 1 atom stereocenters. The molecule has 10 heteroatoms. The molecule has 1 aromatic carbocycles. The van der Waals surface area contributed by atoms with Crippen molar-refractivity contribution in [3.63, 3.8) is 0 Å². The Kier molecular flexibility index (Phi) is 6.54. The van der Waals surface area contributed by atoms with E-state index in [1.807, 2.05) is 28.8 Å². The van der Waals surface area contributed by atoms with Crippen molar-refractivity contribution in [1.29, 1.82) is 0 Å². The fourth-order valence-electron chi connectivity index (χ4n) is 4.71. The zero-order valence-electron chi connectivity index (χ0n) is 20.0. The fraction of sp³-hybridized carbons (Fsp3) is 0.440. The number of fused-ring (bicyclic) bond motifs is 2. The summed E-state index contributed by atoms with van der Waals surface area (Å²) in [5.74, 6) is 7.46. The normalized spacial score (nSPS) is 18.0. The Morgan fingerprint density at radius 1 is 1.23 bits per heavy atom. The highest BCUT2D eigenvalue weighted by atomic mass is 32.2. The number of hydrogen-bond acceptors (Lipinski definition) is 7. The van der Waals surface area contributed by atoms with Crippen LogP contribution in [0.5, 0.6) is 0 Å². The predicted molar refractivity (Wildman–Crippen MR) is 141 cm³/mol. The molecule has 0 bridgehead atoms. The minimum atomic E-state index is -0.400. The minimum Gasteiger partial charge on any atom is -0.341 e. The Labute approximate surface area is 207 Å². The van der Waals surface area contributed by atoms with E-state index in [2.05, 4.69) is 16.7 Å². The van der Waals surface area contributed by atoms with Crippen molar-refractivity contribution >= 4 is 40.3 Å². The summed E-state index contributed by atoms with van der Waals surface area (Å²) in [6.07, 6.45) is 2.61. The molecule has 0 radical (unpaired) electrons. The van der Waals surface area contributed by atoms with E-state index in [1.54, 1.807) is 25.7 Å². The van der Waals surface area contributed by atoms with Crippen LogP contribution in [0.3, 0.4) is 0 Å². The first-order valence-electron chi connectivity index (χ1n) is 11.9. The van der Waals surface area contributed by atoms with Crippen LogP contribution in [0.25, 0.3) is 11.2 Å². The van der Waals surface area contributed by atoms with Crippen LogP contribution in [-0.4, -0.2) is 49.3 Å². The molecule has 2 aromatic heterocycles. The molecule has 2 aliphatic heterocycles. The van der Waals surface area contributed by atoms with Crippen LogP contribution in [-0.2, 0) is 20.1 Å². The number of hydrogen-bond donors (Lipinski definition) is 1. The average Bonchev–Trinajstić information content (AvgIpc) is 3.12. The smallest absolute Gasteiger partial charge is 0.332 e. The summed E-state index contributed by atoms with van der Waals surface area (Å²) in [4.78, 5) is 39.9. The van der Waals surface area contributed by atoms with Crippen LogP contribution in [0, 0.1) is 11.8 Å². The topological polar surface area (TPSA) is 103 Å². The quantitative estimate of drug-likeness (QED) is 0.561. The number of anilines is 1. The lowest BCUT2D eigenvalue weighted by Gasteiger charge is -2.31. The van der Waals surface area contributed by atoms with Crippen molar-refractivity contribution in [3.8, 4) is 11.8 Å². The van der Waals surface area contributed by atoms with Gasteiger partial charge in [-0.1, -0.05) is 18.1 Å². The maximum absolute atomic E-state index is 13.8. The molecule has 2 aliphatic rings. The van der Waals surface area contributed by atoms with Crippen LogP contribution in [0.2, 0.25) is 0 Å². The number of nitrogens with two attached hydrogens (primary N) is 1. The summed E-state index contributed by atoms with van der Waals surface area (Å²) in [5, 5.41) is 0. The molecule has 35 heavy (non-hydrogen) atoms. The maximum Gasteiger partial charge on any atom is 0.332 e. The van der Waals surface area contributed by atoms with Gasteiger partial charge in [0.25, 0.3) is 5.56 Å². The van der Waals surface area contributed by atoms with Crippen molar-refractivity contribution in [2.24, 2.45) is 17.8 Å². The molecular formula is C25H29N7O2S. The highest BCUT2D eigenvalue weighted by Gasteiger charge is 2.26.